The molecule has 1 saturated carbocycles. The summed E-state index contributed by atoms with van der Waals surface area (Å²) >= 11 is 0. The van der Waals surface area contributed by atoms with Crippen molar-refractivity contribution in [2.24, 2.45) is 0 Å². The molecule has 0 radical (unpaired) electrons. The molecule has 1 heterocycles. The first-order valence-electron chi connectivity index (χ1n) is 10.4. The Morgan fingerprint density at radius 1 is 1.07 bits per heavy atom. The van der Waals surface area contributed by atoms with Crippen LogP contribution in [-0.2, 0) is 16.1 Å². The first-order chi connectivity index (χ1) is 14.0. The van der Waals surface area contributed by atoms with Gasteiger partial charge in [-0.15, -0.1) is 0 Å². The number of halogens is 1. The van der Waals surface area contributed by atoms with Gasteiger partial charge in [0, 0.05) is 12.6 Å². The molecule has 8 heteroatoms. The molecule has 1 aromatic carbocycles. The molecule has 0 unspecified atom stereocenters. The van der Waals surface area contributed by atoms with E-state index in [4.69, 9.17) is 4.74 Å². The van der Waals surface area contributed by atoms with Gasteiger partial charge in [-0.2, -0.15) is 0 Å². The number of hydrogen-bond donors (Lipinski definition) is 4. The Labute approximate surface area is 170 Å². The standard InChI is InChI=1S/C21H30FN3O4/c22-15-7-5-14(6-8-15)12-23-20(27)11-17-9-10-18(19(13-26)29-17)25-21(28)24-16-3-1-2-4-16/h5-8,16-19,26H,1-4,9-13H2,(H,23,27)(H2,24,25,28)/t17-,18+,19+/m0/s1. The molecule has 29 heavy (non-hydrogen) atoms. The minimum absolute atomic E-state index is 0.165. The summed E-state index contributed by atoms with van der Waals surface area (Å²) in [7, 11) is 0. The van der Waals surface area contributed by atoms with E-state index in [1.54, 1.807) is 12.1 Å². The molecular weight excluding hydrogens is 377 g/mol. The molecule has 0 bridgehead atoms. The second kappa shape index (κ2) is 10.5. The Kier molecular flexibility index (Phi) is 7.83. The fourth-order valence-electron chi connectivity index (χ4n) is 3.99. The van der Waals surface area contributed by atoms with E-state index in [2.05, 4.69) is 16.0 Å². The van der Waals surface area contributed by atoms with Gasteiger partial charge in [0.25, 0.3) is 0 Å². The third kappa shape index (κ3) is 6.68. The number of hydrogen-bond acceptors (Lipinski definition) is 4. The van der Waals surface area contributed by atoms with Crippen molar-refractivity contribution in [1.82, 2.24) is 16.0 Å². The number of urea groups is 1. The van der Waals surface area contributed by atoms with Gasteiger partial charge in [0.1, 0.15) is 11.9 Å². The molecule has 7 nitrogen and oxygen atoms in total. The van der Waals surface area contributed by atoms with Crippen LogP contribution in [0.15, 0.2) is 24.3 Å². The topological polar surface area (TPSA) is 99.7 Å². The fraction of sp³-hybridized carbons (Fsp3) is 0.619. The van der Waals surface area contributed by atoms with Crippen LogP contribution in [-0.4, -0.2) is 47.9 Å². The Morgan fingerprint density at radius 3 is 2.48 bits per heavy atom. The van der Waals surface area contributed by atoms with E-state index >= 15 is 0 Å². The molecule has 4 N–H and O–H groups in total. The predicted molar refractivity (Wildman–Crippen MR) is 106 cm³/mol. The minimum atomic E-state index is -0.534. The van der Waals surface area contributed by atoms with E-state index in [0.717, 1.165) is 31.2 Å². The zero-order chi connectivity index (χ0) is 20.6. The summed E-state index contributed by atoms with van der Waals surface area (Å²) in [5.41, 5.74) is 0.815. The molecule has 0 aromatic heterocycles. The second-order valence-electron chi connectivity index (χ2n) is 7.87. The molecule has 1 saturated heterocycles. The van der Waals surface area contributed by atoms with Crippen molar-refractivity contribution < 1.29 is 23.8 Å². The van der Waals surface area contributed by atoms with Crippen LogP contribution in [0.5, 0.6) is 0 Å². The molecule has 2 aliphatic rings. The molecule has 3 rings (SSSR count). The van der Waals surface area contributed by atoms with Crippen molar-refractivity contribution in [3.63, 3.8) is 0 Å². The number of carbonyl (C=O) groups excluding carboxylic acids is 2. The fourth-order valence-corrected chi connectivity index (χ4v) is 3.99. The first kappa shape index (κ1) is 21.5. The number of amides is 3. The van der Waals surface area contributed by atoms with Gasteiger partial charge in [-0.1, -0.05) is 25.0 Å². The van der Waals surface area contributed by atoms with Crippen LogP contribution in [0.2, 0.25) is 0 Å². The number of ether oxygens (including phenoxy) is 1. The largest absolute Gasteiger partial charge is 0.394 e. The monoisotopic (exact) mass is 407 g/mol. The molecule has 1 aromatic rings. The lowest BCUT2D eigenvalue weighted by molar-refractivity contribution is -0.130. The van der Waals surface area contributed by atoms with Crippen molar-refractivity contribution >= 4 is 11.9 Å². The molecule has 1 aliphatic heterocycles. The molecule has 160 valence electrons. The number of carbonyl (C=O) groups is 2. The van der Waals surface area contributed by atoms with Gasteiger partial charge in [0.2, 0.25) is 5.91 Å². The van der Waals surface area contributed by atoms with Crippen LogP contribution in [0.3, 0.4) is 0 Å². The SMILES string of the molecule is O=C(C[C@@H]1CC[C@@H](NC(=O)NC2CCCC2)[C@@H](CO)O1)NCc1ccc(F)cc1. The Balaban J connectivity index is 1.40. The van der Waals surface area contributed by atoms with Crippen LogP contribution in [0.1, 0.15) is 50.5 Å². The zero-order valence-electron chi connectivity index (χ0n) is 16.5. The van der Waals surface area contributed by atoms with Crippen molar-refractivity contribution in [2.45, 2.75) is 75.8 Å². The third-order valence-electron chi connectivity index (χ3n) is 5.62. The summed E-state index contributed by atoms with van der Waals surface area (Å²) in [4.78, 5) is 24.4. The second-order valence-corrected chi connectivity index (χ2v) is 7.87. The van der Waals surface area contributed by atoms with Crippen LogP contribution < -0.4 is 16.0 Å². The molecule has 0 spiro atoms. The maximum Gasteiger partial charge on any atom is 0.315 e. The number of rotatable bonds is 7. The summed E-state index contributed by atoms with van der Waals surface area (Å²) in [6.45, 7) is 0.100. The van der Waals surface area contributed by atoms with Crippen LogP contribution >= 0.6 is 0 Å². The molecular formula is C21H30FN3O4. The summed E-state index contributed by atoms with van der Waals surface area (Å²) < 4.78 is 18.8. The van der Waals surface area contributed by atoms with E-state index in [9.17, 15) is 19.1 Å². The Bertz CT molecular complexity index is 679. The average Bonchev–Trinajstić information content (AvgIpc) is 3.21. The normalized spacial score (nSPS) is 24.8. The van der Waals surface area contributed by atoms with E-state index in [1.807, 2.05) is 0 Å². The van der Waals surface area contributed by atoms with Gasteiger partial charge < -0.3 is 25.8 Å². The molecule has 3 atom stereocenters. The maximum absolute atomic E-state index is 12.9. The highest BCUT2D eigenvalue weighted by Crippen LogP contribution is 2.22. The molecule has 1 aliphatic carbocycles. The van der Waals surface area contributed by atoms with Gasteiger partial charge in [-0.25, -0.2) is 9.18 Å². The van der Waals surface area contributed by atoms with E-state index in [-0.39, 0.29) is 49.0 Å². The summed E-state index contributed by atoms with van der Waals surface area (Å²) in [5, 5.41) is 18.3. The van der Waals surface area contributed by atoms with Gasteiger partial charge in [0.15, 0.2) is 0 Å². The Hall–Kier alpha value is -2.19. The lowest BCUT2D eigenvalue weighted by Crippen LogP contribution is -2.54. The highest BCUT2D eigenvalue weighted by Gasteiger charge is 2.33. The third-order valence-corrected chi connectivity index (χ3v) is 5.62. The van der Waals surface area contributed by atoms with Crippen molar-refractivity contribution in [1.29, 1.82) is 0 Å². The maximum atomic E-state index is 12.9. The van der Waals surface area contributed by atoms with E-state index < -0.39 is 6.10 Å². The number of benzene rings is 1. The zero-order valence-corrected chi connectivity index (χ0v) is 16.5. The summed E-state index contributed by atoms with van der Waals surface area (Å²) in [6, 6.07) is 5.69. The number of nitrogens with one attached hydrogen (secondary N) is 3. The highest BCUT2D eigenvalue weighted by atomic mass is 19.1. The first-order valence-corrected chi connectivity index (χ1v) is 10.4. The molecule has 3 amide bonds. The van der Waals surface area contributed by atoms with Crippen LogP contribution in [0.25, 0.3) is 0 Å². The predicted octanol–water partition coefficient (Wildman–Crippen LogP) is 1.98. The van der Waals surface area contributed by atoms with E-state index in [1.165, 1.54) is 12.1 Å². The lowest BCUT2D eigenvalue weighted by atomic mass is 9.97. The van der Waals surface area contributed by atoms with Crippen LogP contribution in [0, 0.1) is 5.82 Å². The lowest BCUT2D eigenvalue weighted by Gasteiger charge is -2.36. The van der Waals surface area contributed by atoms with Gasteiger partial charge in [-0.3, -0.25) is 4.79 Å². The Morgan fingerprint density at radius 2 is 1.79 bits per heavy atom. The summed E-state index contributed by atoms with van der Waals surface area (Å²) in [6.07, 6.45) is 4.89. The van der Waals surface area contributed by atoms with Gasteiger partial charge in [0.05, 0.1) is 25.2 Å². The van der Waals surface area contributed by atoms with Crippen molar-refractivity contribution in [3.05, 3.63) is 35.6 Å². The quantitative estimate of drug-likeness (QED) is 0.555. The average molecular weight is 407 g/mol. The number of aliphatic hydroxyl groups is 1. The number of aliphatic hydroxyl groups excluding tert-OH is 1. The summed E-state index contributed by atoms with van der Waals surface area (Å²) in [5.74, 6) is -0.479. The minimum Gasteiger partial charge on any atom is -0.394 e. The highest BCUT2D eigenvalue weighted by molar-refractivity contribution is 5.76. The van der Waals surface area contributed by atoms with Crippen molar-refractivity contribution in [2.75, 3.05) is 6.61 Å². The van der Waals surface area contributed by atoms with Crippen molar-refractivity contribution in [3.8, 4) is 0 Å². The van der Waals surface area contributed by atoms with Gasteiger partial charge in [-0.05, 0) is 43.4 Å². The van der Waals surface area contributed by atoms with Gasteiger partial charge >= 0.3 is 6.03 Å². The van der Waals surface area contributed by atoms with Crippen LogP contribution in [0.4, 0.5) is 9.18 Å². The smallest absolute Gasteiger partial charge is 0.315 e. The molecule has 2 fully saturated rings. The van der Waals surface area contributed by atoms with E-state index in [0.29, 0.717) is 19.4 Å².